The Morgan fingerprint density at radius 2 is 2.10 bits per heavy atom. The van der Waals surface area contributed by atoms with Gasteiger partial charge < -0.3 is 5.32 Å². The number of anilines is 2. The van der Waals surface area contributed by atoms with Crippen molar-refractivity contribution < 1.29 is 4.39 Å². The minimum absolute atomic E-state index is 0.0848. The molecule has 2 heterocycles. The molecule has 0 spiro atoms. The second kappa shape index (κ2) is 5.58. The van der Waals surface area contributed by atoms with Crippen molar-refractivity contribution in [2.24, 2.45) is 0 Å². The smallest absolute Gasteiger partial charge is 0.142 e. The van der Waals surface area contributed by atoms with Crippen molar-refractivity contribution in [3.05, 3.63) is 45.8 Å². The molecule has 0 fully saturated rings. The van der Waals surface area contributed by atoms with E-state index >= 15 is 0 Å². The lowest BCUT2D eigenvalue weighted by Gasteiger charge is -2.08. The van der Waals surface area contributed by atoms with Gasteiger partial charge in [-0.1, -0.05) is 18.5 Å². The third-order valence-electron chi connectivity index (χ3n) is 3.09. The molecule has 0 aliphatic carbocycles. The summed E-state index contributed by atoms with van der Waals surface area (Å²) in [5, 5.41) is 4.26. The van der Waals surface area contributed by atoms with Crippen LogP contribution < -0.4 is 5.32 Å². The molecule has 0 atom stereocenters. The van der Waals surface area contributed by atoms with Crippen LogP contribution in [0.5, 0.6) is 0 Å². The predicted octanol–water partition coefficient (Wildman–Crippen LogP) is 5.10. The molecule has 2 aromatic heterocycles. The van der Waals surface area contributed by atoms with Crippen LogP contribution in [0, 0.1) is 12.7 Å². The van der Waals surface area contributed by atoms with Crippen LogP contribution in [0.25, 0.3) is 10.2 Å². The molecular weight excluding hydrogens is 309 g/mol. The Hall–Kier alpha value is -1.72. The van der Waals surface area contributed by atoms with Crippen LogP contribution in [0.15, 0.2) is 24.3 Å². The highest BCUT2D eigenvalue weighted by molar-refractivity contribution is 7.18. The van der Waals surface area contributed by atoms with Crippen molar-refractivity contribution in [1.29, 1.82) is 0 Å². The Labute approximate surface area is 130 Å². The van der Waals surface area contributed by atoms with Gasteiger partial charge in [0.25, 0.3) is 0 Å². The number of aromatic nitrogens is 2. The quantitative estimate of drug-likeness (QED) is 0.729. The molecule has 0 bridgehead atoms. The second-order valence-corrected chi connectivity index (χ2v) is 6.18. The molecule has 0 saturated heterocycles. The number of benzene rings is 1. The van der Waals surface area contributed by atoms with Crippen molar-refractivity contribution in [2.75, 3.05) is 5.32 Å². The van der Waals surface area contributed by atoms with Gasteiger partial charge in [-0.05, 0) is 37.6 Å². The monoisotopic (exact) mass is 321 g/mol. The number of hydrogen-bond acceptors (Lipinski definition) is 4. The Bertz CT molecular complexity index is 816. The van der Waals surface area contributed by atoms with Crippen LogP contribution in [0.3, 0.4) is 0 Å². The maximum absolute atomic E-state index is 13.2. The summed E-state index contributed by atoms with van der Waals surface area (Å²) < 4.78 is 13.2. The fraction of sp³-hybridized carbons (Fsp3) is 0.200. The number of nitrogens with one attached hydrogen (secondary N) is 1. The summed E-state index contributed by atoms with van der Waals surface area (Å²) in [4.78, 5) is 11.1. The zero-order valence-corrected chi connectivity index (χ0v) is 13.1. The van der Waals surface area contributed by atoms with Gasteiger partial charge in [0.2, 0.25) is 0 Å². The number of rotatable bonds is 3. The number of fused-ring (bicyclic) bond motifs is 1. The summed E-state index contributed by atoms with van der Waals surface area (Å²) in [7, 11) is 0. The molecule has 0 unspecified atom stereocenters. The molecule has 3 nitrogen and oxygen atoms in total. The maximum atomic E-state index is 13.2. The Kier molecular flexibility index (Phi) is 3.78. The summed E-state index contributed by atoms with van der Waals surface area (Å²) >= 11 is 7.48. The average molecular weight is 322 g/mol. The average Bonchev–Trinajstić information content (AvgIpc) is 2.86. The third kappa shape index (κ3) is 2.84. The number of hydrogen-bond donors (Lipinski definition) is 1. The van der Waals surface area contributed by atoms with E-state index in [1.807, 2.05) is 6.92 Å². The van der Waals surface area contributed by atoms with Gasteiger partial charge in [0.05, 0.1) is 10.4 Å². The first-order valence-corrected chi connectivity index (χ1v) is 7.75. The summed E-state index contributed by atoms with van der Waals surface area (Å²) in [5.74, 6) is 0.980. The lowest BCUT2D eigenvalue weighted by molar-refractivity contribution is 0.628. The van der Waals surface area contributed by atoms with Crippen molar-refractivity contribution >= 4 is 44.7 Å². The molecule has 3 aromatic rings. The van der Waals surface area contributed by atoms with E-state index in [1.54, 1.807) is 23.5 Å². The summed E-state index contributed by atoms with van der Waals surface area (Å²) in [6.07, 6.45) is 0.960. The van der Waals surface area contributed by atoms with Crippen LogP contribution >= 0.6 is 22.9 Å². The van der Waals surface area contributed by atoms with Crippen molar-refractivity contribution in [1.82, 2.24) is 9.97 Å². The number of thiophene rings is 1. The van der Waals surface area contributed by atoms with Crippen LogP contribution in [-0.4, -0.2) is 9.97 Å². The summed E-state index contributed by atoms with van der Waals surface area (Å²) in [6, 6.07) is 6.61. The SMILES string of the molecule is CCc1cc2c(Nc3ccc(F)c(Cl)c3)nc(C)nc2s1. The van der Waals surface area contributed by atoms with Crippen LogP contribution in [-0.2, 0) is 6.42 Å². The first-order chi connectivity index (χ1) is 10.1. The first kappa shape index (κ1) is 14.2. The third-order valence-corrected chi connectivity index (χ3v) is 4.55. The van der Waals surface area contributed by atoms with Crippen LogP contribution in [0.1, 0.15) is 17.6 Å². The Morgan fingerprint density at radius 1 is 1.29 bits per heavy atom. The fourth-order valence-electron chi connectivity index (χ4n) is 2.06. The highest BCUT2D eigenvalue weighted by atomic mass is 35.5. The number of nitrogens with zero attached hydrogens (tertiary/aromatic N) is 2. The number of halogens is 2. The largest absolute Gasteiger partial charge is 0.340 e. The lowest BCUT2D eigenvalue weighted by Crippen LogP contribution is -1.97. The van der Waals surface area contributed by atoms with Crippen LogP contribution in [0.2, 0.25) is 5.02 Å². The van der Waals surface area contributed by atoms with Crippen molar-refractivity contribution in [3.8, 4) is 0 Å². The molecule has 3 rings (SSSR count). The lowest BCUT2D eigenvalue weighted by atomic mass is 10.2. The standard InChI is InChI=1S/C15H13ClFN3S/c1-3-10-7-11-14(18-8(2)19-15(11)21-10)20-9-4-5-13(17)12(16)6-9/h4-7H,3H2,1-2H3,(H,18,19,20). The second-order valence-electron chi connectivity index (χ2n) is 4.66. The minimum Gasteiger partial charge on any atom is -0.340 e. The molecule has 108 valence electrons. The normalized spacial score (nSPS) is 11.0. The molecule has 1 aromatic carbocycles. The van der Waals surface area contributed by atoms with Crippen LogP contribution in [0.4, 0.5) is 15.9 Å². The van der Waals surface area contributed by atoms with Gasteiger partial charge >= 0.3 is 0 Å². The molecule has 0 radical (unpaired) electrons. The van der Waals surface area contributed by atoms with Gasteiger partial charge in [-0.25, -0.2) is 14.4 Å². The molecule has 1 N–H and O–H groups in total. The van der Waals surface area contributed by atoms with Gasteiger partial charge in [0.15, 0.2) is 0 Å². The molecule has 6 heteroatoms. The van der Waals surface area contributed by atoms with Crippen molar-refractivity contribution in [2.45, 2.75) is 20.3 Å². The Balaban J connectivity index is 2.06. The highest BCUT2D eigenvalue weighted by Gasteiger charge is 2.11. The first-order valence-electron chi connectivity index (χ1n) is 6.56. The van der Waals surface area contributed by atoms with Gasteiger partial charge in [-0.15, -0.1) is 11.3 Å². The predicted molar refractivity (Wildman–Crippen MR) is 86.2 cm³/mol. The maximum Gasteiger partial charge on any atom is 0.142 e. The van der Waals surface area contributed by atoms with E-state index in [0.717, 1.165) is 22.5 Å². The van der Waals surface area contributed by atoms with E-state index in [9.17, 15) is 4.39 Å². The fourth-order valence-corrected chi connectivity index (χ4v) is 3.25. The van der Waals surface area contributed by atoms with E-state index in [0.29, 0.717) is 11.5 Å². The molecule has 0 amide bonds. The van der Waals surface area contributed by atoms with Crippen molar-refractivity contribution in [3.63, 3.8) is 0 Å². The van der Waals surface area contributed by atoms with Gasteiger partial charge in [-0.2, -0.15) is 0 Å². The highest BCUT2D eigenvalue weighted by Crippen LogP contribution is 2.31. The van der Waals surface area contributed by atoms with E-state index in [1.165, 1.54) is 10.9 Å². The van der Waals surface area contributed by atoms with Gasteiger partial charge in [-0.3, -0.25) is 0 Å². The minimum atomic E-state index is -0.435. The molecule has 0 aliphatic heterocycles. The topological polar surface area (TPSA) is 37.8 Å². The zero-order chi connectivity index (χ0) is 15.0. The van der Waals surface area contributed by atoms with E-state index < -0.39 is 5.82 Å². The summed E-state index contributed by atoms with van der Waals surface area (Å²) in [6.45, 7) is 3.96. The zero-order valence-electron chi connectivity index (χ0n) is 11.6. The molecule has 0 aliphatic rings. The molecule has 0 saturated carbocycles. The Morgan fingerprint density at radius 3 is 2.81 bits per heavy atom. The number of aryl methyl sites for hydroxylation is 2. The summed E-state index contributed by atoms with van der Waals surface area (Å²) in [5.41, 5.74) is 0.699. The van der Waals surface area contributed by atoms with E-state index in [-0.39, 0.29) is 5.02 Å². The molecule has 21 heavy (non-hydrogen) atoms. The van der Waals surface area contributed by atoms with E-state index in [2.05, 4.69) is 28.3 Å². The van der Waals surface area contributed by atoms with E-state index in [4.69, 9.17) is 11.6 Å². The van der Waals surface area contributed by atoms with Gasteiger partial charge in [0, 0.05) is 10.6 Å². The van der Waals surface area contributed by atoms with Gasteiger partial charge in [0.1, 0.15) is 22.3 Å². The molecular formula is C15H13ClFN3S.